The summed E-state index contributed by atoms with van der Waals surface area (Å²) >= 11 is 0. The van der Waals surface area contributed by atoms with Crippen molar-refractivity contribution in [3.8, 4) is 0 Å². The molecule has 28 heavy (non-hydrogen) atoms. The van der Waals surface area contributed by atoms with Crippen molar-refractivity contribution in [1.29, 1.82) is 0 Å². The molecule has 146 valence electrons. The van der Waals surface area contributed by atoms with Gasteiger partial charge in [-0.05, 0) is 50.5 Å². The van der Waals surface area contributed by atoms with E-state index < -0.39 is 22.9 Å². The molecule has 7 nitrogen and oxygen atoms in total. The number of ether oxygens (including phenoxy) is 1. The molecule has 1 N–H and O–H groups in total. The van der Waals surface area contributed by atoms with Crippen LogP contribution in [-0.2, 0) is 14.3 Å². The van der Waals surface area contributed by atoms with Crippen molar-refractivity contribution in [3.05, 3.63) is 74.8 Å². The molecule has 0 radical (unpaired) electrons. The number of nitrogens with zero attached hydrogens (tertiary/aromatic N) is 1. The average molecular weight is 382 g/mol. The van der Waals surface area contributed by atoms with Crippen LogP contribution in [0.25, 0.3) is 6.08 Å². The zero-order valence-corrected chi connectivity index (χ0v) is 16.2. The number of amides is 1. The van der Waals surface area contributed by atoms with Gasteiger partial charge in [0.1, 0.15) is 0 Å². The fourth-order valence-electron chi connectivity index (χ4n) is 2.78. The first-order valence-electron chi connectivity index (χ1n) is 8.69. The summed E-state index contributed by atoms with van der Waals surface area (Å²) in [4.78, 5) is 34.6. The number of nitro benzene ring substituents is 1. The Balaban J connectivity index is 1.99. The second-order valence-corrected chi connectivity index (χ2v) is 6.53. The van der Waals surface area contributed by atoms with Crippen LogP contribution in [0, 0.1) is 30.9 Å². The lowest BCUT2D eigenvalue weighted by molar-refractivity contribution is -0.384. The molecule has 1 unspecified atom stereocenters. The first-order chi connectivity index (χ1) is 13.2. The summed E-state index contributed by atoms with van der Waals surface area (Å²) in [6, 6.07) is 9.75. The minimum Gasteiger partial charge on any atom is -0.449 e. The maximum absolute atomic E-state index is 12.3. The smallest absolute Gasteiger partial charge is 0.331 e. The largest absolute Gasteiger partial charge is 0.449 e. The van der Waals surface area contributed by atoms with Crippen LogP contribution in [0.3, 0.4) is 0 Å². The van der Waals surface area contributed by atoms with E-state index in [9.17, 15) is 19.7 Å². The Bertz CT molecular complexity index is 927. The van der Waals surface area contributed by atoms with Gasteiger partial charge in [0.25, 0.3) is 11.6 Å². The van der Waals surface area contributed by atoms with Crippen molar-refractivity contribution in [2.45, 2.75) is 33.8 Å². The molecule has 2 aromatic rings. The number of esters is 1. The highest BCUT2D eigenvalue weighted by molar-refractivity contribution is 5.97. The van der Waals surface area contributed by atoms with E-state index in [0.717, 1.165) is 22.8 Å². The van der Waals surface area contributed by atoms with Crippen molar-refractivity contribution in [1.82, 2.24) is 0 Å². The highest BCUT2D eigenvalue weighted by Crippen LogP contribution is 2.22. The number of nitro groups is 1. The van der Waals surface area contributed by atoms with Gasteiger partial charge in [-0.2, -0.15) is 0 Å². The molecule has 0 fully saturated rings. The zero-order valence-electron chi connectivity index (χ0n) is 16.2. The lowest BCUT2D eigenvalue weighted by atomic mass is 10.0. The van der Waals surface area contributed by atoms with Crippen LogP contribution in [0.4, 0.5) is 11.4 Å². The fraction of sp³-hybridized carbons (Fsp3) is 0.238. The molecule has 0 saturated carbocycles. The number of carbonyl (C=O) groups is 2. The monoisotopic (exact) mass is 382 g/mol. The number of aryl methyl sites for hydroxylation is 3. The quantitative estimate of drug-likeness (QED) is 0.351. The zero-order chi connectivity index (χ0) is 20.8. The molecule has 2 aromatic carbocycles. The maximum Gasteiger partial charge on any atom is 0.331 e. The van der Waals surface area contributed by atoms with Crippen LogP contribution < -0.4 is 5.32 Å². The molecule has 1 amide bonds. The summed E-state index contributed by atoms with van der Waals surface area (Å²) < 4.78 is 5.12. The molecule has 1 atom stereocenters. The Morgan fingerprint density at radius 2 is 1.79 bits per heavy atom. The topological polar surface area (TPSA) is 98.5 Å². The van der Waals surface area contributed by atoms with Gasteiger partial charge in [0.15, 0.2) is 6.10 Å². The number of non-ortho nitro benzene ring substituents is 1. The van der Waals surface area contributed by atoms with Gasteiger partial charge >= 0.3 is 5.97 Å². The number of benzene rings is 2. The number of hydrogen-bond donors (Lipinski definition) is 1. The van der Waals surface area contributed by atoms with Crippen LogP contribution in [0.1, 0.15) is 29.2 Å². The molecule has 0 saturated heterocycles. The molecular formula is C21H22N2O5. The molecule has 0 aliphatic heterocycles. The van der Waals surface area contributed by atoms with E-state index in [1.165, 1.54) is 31.2 Å². The molecule has 7 heteroatoms. The van der Waals surface area contributed by atoms with Gasteiger partial charge in [-0.15, -0.1) is 0 Å². The fourth-order valence-corrected chi connectivity index (χ4v) is 2.78. The summed E-state index contributed by atoms with van der Waals surface area (Å²) in [6.45, 7) is 7.25. The molecule has 0 aliphatic rings. The standard InChI is InChI=1S/C21H22N2O5/c1-13-10-14(2)20(15(3)11-13)22-21(25)16(4)28-19(24)9-8-17-6-5-7-18(12-17)23(26)27/h5-12,16H,1-4H3,(H,22,25)/b9-8+. The Hall–Kier alpha value is -3.48. The van der Waals surface area contributed by atoms with E-state index in [-0.39, 0.29) is 5.69 Å². The number of rotatable bonds is 6. The maximum atomic E-state index is 12.3. The van der Waals surface area contributed by atoms with Gasteiger partial charge in [0.2, 0.25) is 0 Å². The lowest BCUT2D eigenvalue weighted by Crippen LogP contribution is -2.30. The third kappa shape index (κ3) is 5.51. The SMILES string of the molecule is Cc1cc(C)c(NC(=O)C(C)OC(=O)/C=C/c2cccc([N+](=O)[O-])c2)c(C)c1. The minimum absolute atomic E-state index is 0.0768. The first-order valence-corrected chi connectivity index (χ1v) is 8.69. The summed E-state index contributed by atoms with van der Waals surface area (Å²) in [7, 11) is 0. The van der Waals surface area contributed by atoms with Crippen molar-refractivity contribution in [2.75, 3.05) is 5.32 Å². The van der Waals surface area contributed by atoms with Gasteiger partial charge < -0.3 is 10.1 Å². The van der Waals surface area contributed by atoms with E-state index in [1.807, 2.05) is 32.9 Å². The van der Waals surface area contributed by atoms with Crippen LogP contribution in [-0.4, -0.2) is 22.9 Å². The van der Waals surface area contributed by atoms with Gasteiger partial charge in [-0.3, -0.25) is 14.9 Å². The summed E-state index contributed by atoms with van der Waals surface area (Å²) in [6.07, 6.45) is 1.53. The van der Waals surface area contributed by atoms with E-state index in [1.54, 1.807) is 6.07 Å². The molecule has 0 spiro atoms. The highest BCUT2D eigenvalue weighted by Gasteiger charge is 2.18. The Morgan fingerprint density at radius 3 is 2.39 bits per heavy atom. The average Bonchev–Trinajstić information content (AvgIpc) is 2.62. The van der Waals surface area contributed by atoms with Crippen molar-refractivity contribution >= 4 is 29.3 Å². The lowest BCUT2D eigenvalue weighted by Gasteiger charge is -2.16. The number of carbonyl (C=O) groups excluding carboxylic acids is 2. The number of anilines is 1. The van der Waals surface area contributed by atoms with E-state index in [0.29, 0.717) is 11.3 Å². The van der Waals surface area contributed by atoms with E-state index >= 15 is 0 Å². The van der Waals surface area contributed by atoms with Crippen molar-refractivity contribution in [2.24, 2.45) is 0 Å². The number of hydrogen-bond acceptors (Lipinski definition) is 5. The Kier molecular flexibility index (Phi) is 6.65. The third-order valence-electron chi connectivity index (χ3n) is 4.08. The minimum atomic E-state index is -0.998. The van der Waals surface area contributed by atoms with E-state index in [2.05, 4.69) is 5.32 Å². The van der Waals surface area contributed by atoms with Crippen molar-refractivity contribution in [3.63, 3.8) is 0 Å². The molecule has 0 aromatic heterocycles. The summed E-state index contributed by atoms with van der Waals surface area (Å²) in [5.74, 6) is -1.15. The third-order valence-corrected chi connectivity index (χ3v) is 4.08. The van der Waals surface area contributed by atoms with Crippen LogP contribution in [0.2, 0.25) is 0 Å². The van der Waals surface area contributed by atoms with Gasteiger partial charge in [0.05, 0.1) is 4.92 Å². The van der Waals surface area contributed by atoms with E-state index in [4.69, 9.17) is 4.74 Å². The molecule has 0 heterocycles. The second-order valence-electron chi connectivity index (χ2n) is 6.53. The second kappa shape index (κ2) is 8.94. The normalized spacial score (nSPS) is 11.9. The predicted molar refractivity (Wildman–Crippen MR) is 107 cm³/mol. The first kappa shape index (κ1) is 20.8. The van der Waals surface area contributed by atoms with Crippen LogP contribution >= 0.6 is 0 Å². The predicted octanol–water partition coefficient (Wildman–Crippen LogP) is 4.10. The number of nitrogens with one attached hydrogen (secondary N) is 1. The highest BCUT2D eigenvalue weighted by atomic mass is 16.6. The van der Waals surface area contributed by atoms with Gasteiger partial charge in [-0.1, -0.05) is 29.8 Å². The van der Waals surface area contributed by atoms with Gasteiger partial charge in [0, 0.05) is 23.9 Å². The molecule has 0 aliphatic carbocycles. The Morgan fingerprint density at radius 1 is 1.14 bits per heavy atom. The van der Waals surface area contributed by atoms with Crippen molar-refractivity contribution < 1.29 is 19.2 Å². The molecule has 2 rings (SSSR count). The molecular weight excluding hydrogens is 360 g/mol. The molecule has 0 bridgehead atoms. The van der Waals surface area contributed by atoms with Gasteiger partial charge in [-0.25, -0.2) is 4.79 Å². The van der Waals surface area contributed by atoms with Crippen LogP contribution in [0.5, 0.6) is 0 Å². The van der Waals surface area contributed by atoms with Crippen LogP contribution in [0.15, 0.2) is 42.5 Å². The summed E-state index contributed by atoms with van der Waals surface area (Å²) in [5.41, 5.74) is 4.05. The Labute approximate surface area is 163 Å². The summed E-state index contributed by atoms with van der Waals surface area (Å²) in [5, 5.41) is 13.6.